The summed E-state index contributed by atoms with van der Waals surface area (Å²) in [5.41, 5.74) is 7.62. The number of nitrogens with one attached hydrogen (secondary N) is 1. The first-order valence-corrected chi connectivity index (χ1v) is 15.6. The smallest absolute Gasteiger partial charge is 0.296 e. The molecular weight excluding hydrogens is 524 g/mol. The van der Waals surface area contributed by atoms with Gasteiger partial charge in [0.25, 0.3) is 10.1 Å². The molecule has 0 unspecified atom stereocenters. The summed E-state index contributed by atoms with van der Waals surface area (Å²) in [5.74, 6) is -1.01. The van der Waals surface area contributed by atoms with Gasteiger partial charge in [0.05, 0.1) is 22.5 Å². The summed E-state index contributed by atoms with van der Waals surface area (Å²) in [4.78, 5) is 26.1. The van der Waals surface area contributed by atoms with E-state index in [1.165, 1.54) is 69.4 Å². The highest BCUT2D eigenvalue weighted by Gasteiger charge is 2.36. The predicted octanol–water partition coefficient (Wildman–Crippen LogP) is 7.50. The lowest BCUT2D eigenvalue weighted by Gasteiger charge is -2.23. The number of hydrogen-bond donors (Lipinski definition) is 3. The minimum atomic E-state index is -4.76. The molecule has 1 aliphatic carbocycles. The Morgan fingerprint density at radius 2 is 1.27 bits per heavy atom. The first kappa shape index (κ1) is 29.5. The molecule has 0 fully saturated rings. The van der Waals surface area contributed by atoms with Gasteiger partial charge in [-0.2, -0.15) is 8.42 Å². The van der Waals surface area contributed by atoms with Gasteiger partial charge in [-0.15, -0.1) is 0 Å². The second-order valence-electron chi connectivity index (χ2n) is 10.5. The van der Waals surface area contributed by atoms with Gasteiger partial charge in [0.15, 0.2) is 11.6 Å². The van der Waals surface area contributed by atoms with Gasteiger partial charge in [0, 0.05) is 16.8 Å². The van der Waals surface area contributed by atoms with Crippen LogP contribution in [0.2, 0.25) is 0 Å². The molecule has 0 atom stereocenters. The molecule has 7 nitrogen and oxygen atoms in total. The maximum atomic E-state index is 13.4. The number of ketones is 2. The van der Waals surface area contributed by atoms with Crippen molar-refractivity contribution < 1.29 is 22.6 Å². The van der Waals surface area contributed by atoms with Crippen molar-refractivity contribution in [2.45, 2.75) is 82.4 Å². The van der Waals surface area contributed by atoms with Crippen molar-refractivity contribution in [3.8, 4) is 0 Å². The lowest BCUT2D eigenvalue weighted by molar-refractivity contribution is 0.0980. The van der Waals surface area contributed by atoms with Crippen LogP contribution in [0.4, 0.5) is 17.1 Å². The van der Waals surface area contributed by atoms with Crippen LogP contribution in [0.25, 0.3) is 0 Å². The van der Waals surface area contributed by atoms with Crippen LogP contribution in [-0.2, 0) is 16.5 Å². The molecule has 4 N–H and O–H groups in total. The normalized spacial score (nSPS) is 12.8. The molecule has 0 spiro atoms. The number of rotatable bonds is 14. The molecule has 3 aromatic rings. The minimum Gasteiger partial charge on any atom is -0.397 e. The van der Waals surface area contributed by atoms with E-state index in [0.29, 0.717) is 5.69 Å². The Hall–Kier alpha value is -3.49. The molecule has 40 heavy (non-hydrogen) atoms. The van der Waals surface area contributed by atoms with E-state index in [9.17, 15) is 22.6 Å². The maximum absolute atomic E-state index is 13.4. The molecule has 0 radical (unpaired) electrons. The Labute approximate surface area is 236 Å². The van der Waals surface area contributed by atoms with Gasteiger partial charge in [0.2, 0.25) is 0 Å². The van der Waals surface area contributed by atoms with Crippen molar-refractivity contribution in [2.24, 2.45) is 0 Å². The van der Waals surface area contributed by atoms with Crippen LogP contribution >= 0.6 is 0 Å². The van der Waals surface area contributed by atoms with E-state index in [1.807, 2.05) is 24.3 Å². The SMILES string of the molecule is CCCCCCCCCCCCc1ccc(Nc2cc(S(=O)(=O)O)c(N)c3c2C(=O)c2ccccc2C3=O)cc1. The minimum absolute atomic E-state index is 0.0111. The maximum Gasteiger partial charge on any atom is 0.296 e. The second kappa shape index (κ2) is 13.2. The number of aryl methyl sites for hydroxylation is 1. The van der Waals surface area contributed by atoms with E-state index in [1.54, 1.807) is 18.2 Å². The number of hydrogen-bond acceptors (Lipinski definition) is 6. The highest BCUT2D eigenvalue weighted by Crippen LogP contribution is 2.40. The third-order valence-corrected chi connectivity index (χ3v) is 8.42. The van der Waals surface area contributed by atoms with Crippen LogP contribution in [0.15, 0.2) is 59.5 Å². The fourth-order valence-electron chi connectivity index (χ4n) is 5.33. The summed E-state index contributed by atoms with van der Waals surface area (Å²) in [6.45, 7) is 2.24. The van der Waals surface area contributed by atoms with Crippen molar-refractivity contribution in [1.82, 2.24) is 0 Å². The first-order chi connectivity index (χ1) is 19.2. The molecule has 212 valence electrons. The van der Waals surface area contributed by atoms with E-state index >= 15 is 0 Å². The monoisotopic (exact) mass is 562 g/mol. The largest absolute Gasteiger partial charge is 0.397 e. The van der Waals surface area contributed by atoms with Gasteiger partial charge in [-0.1, -0.05) is 101 Å². The standard InChI is InChI=1S/C32H38N2O5S/c1-2-3-4-5-6-7-8-9-10-11-14-22-17-19-23(20-18-22)34-26-21-27(40(37,38)39)30(33)29-28(26)31(35)24-15-12-13-16-25(24)32(29)36/h12-13,15-21,34H,2-11,14,33H2,1H3,(H,37,38,39). The van der Waals surface area contributed by atoms with Crippen LogP contribution < -0.4 is 11.1 Å². The molecule has 1 aliphatic rings. The van der Waals surface area contributed by atoms with Crippen LogP contribution in [0, 0.1) is 0 Å². The van der Waals surface area contributed by atoms with Crippen molar-refractivity contribution in [1.29, 1.82) is 0 Å². The molecular formula is C32H38N2O5S. The second-order valence-corrected chi connectivity index (χ2v) is 11.9. The number of carbonyl (C=O) groups is 2. The summed E-state index contributed by atoms with van der Waals surface area (Å²) < 4.78 is 34.0. The van der Waals surface area contributed by atoms with Crippen LogP contribution in [0.1, 0.15) is 109 Å². The fraction of sp³-hybridized carbons (Fsp3) is 0.375. The Morgan fingerprint density at radius 1 is 0.750 bits per heavy atom. The molecule has 0 saturated heterocycles. The predicted molar refractivity (Wildman–Crippen MR) is 159 cm³/mol. The van der Waals surface area contributed by atoms with Crippen molar-refractivity contribution in [2.75, 3.05) is 11.1 Å². The molecule has 4 rings (SSSR count). The van der Waals surface area contributed by atoms with Crippen molar-refractivity contribution in [3.05, 3.63) is 82.4 Å². The molecule has 8 heteroatoms. The average molecular weight is 563 g/mol. The van der Waals surface area contributed by atoms with Gasteiger partial charge in [-0.25, -0.2) is 0 Å². The van der Waals surface area contributed by atoms with Crippen molar-refractivity contribution >= 4 is 38.7 Å². The van der Waals surface area contributed by atoms with Crippen LogP contribution in [0.3, 0.4) is 0 Å². The summed E-state index contributed by atoms with van der Waals surface area (Å²) >= 11 is 0. The van der Waals surface area contributed by atoms with Gasteiger partial charge in [0.1, 0.15) is 4.90 Å². The van der Waals surface area contributed by atoms with E-state index in [4.69, 9.17) is 5.73 Å². The zero-order valence-electron chi connectivity index (χ0n) is 23.0. The Kier molecular flexibility index (Phi) is 9.76. The number of unbranched alkanes of at least 4 members (excludes halogenated alkanes) is 9. The quantitative estimate of drug-likeness (QED) is 0.0825. The average Bonchev–Trinajstić information content (AvgIpc) is 2.93. The fourth-order valence-corrected chi connectivity index (χ4v) is 5.98. The van der Waals surface area contributed by atoms with Gasteiger partial charge < -0.3 is 11.1 Å². The van der Waals surface area contributed by atoms with E-state index < -0.39 is 32.3 Å². The molecule has 0 amide bonds. The zero-order chi connectivity index (χ0) is 28.7. The van der Waals surface area contributed by atoms with Gasteiger partial charge in [-0.3, -0.25) is 14.1 Å². The van der Waals surface area contributed by atoms with Crippen LogP contribution in [-0.4, -0.2) is 24.5 Å². The first-order valence-electron chi connectivity index (χ1n) is 14.2. The number of anilines is 3. The topological polar surface area (TPSA) is 127 Å². The number of fused-ring (bicyclic) bond motifs is 2. The molecule has 0 bridgehead atoms. The lowest BCUT2D eigenvalue weighted by atomic mass is 9.82. The highest BCUT2D eigenvalue weighted by atomic mass is 32.2. The number of nitrogens with two attached hydrogens (primary N) is 1. The van der Waals surface area contributed by atoms with Gasteiger partial charge in [-0.05, 0) is 36.6 Å². The van der Waals surface area contributed by atoms with E-state index in [-0.39, 0.29) is 27.9 Å². The van der Waals surface area contributed by atoms with Crippen LogP contribution in [0.5, 0.6) is 0 Å². The summed E-state index contributed by atoms with van der Waals surface area (Å²) in [6, 6.07) is 15.1. The Balaban J connectivity index is 1.45. The molecule has 0 saturated carbocycles. The molecule has 3 aromatic carbocycles. The number of benzene rings is 3. The molecule has 0 aliphatic heterocycles. The lowest BCUT2D eigenvalue weighted by Crippen LogP contribution is -2.25. The third kappa shape index (κ3) is 6.80. The summed E-state index contributed by atoms with van der Waals surface area (Å²) in [6.07, 6.45) is 13.8. The van der Waals surface area contributed by atoms with Crippen molar-refractivity contribution in [3.63, 3.8) is 0 Å². The Bertz CT molecular complexity index is 1480. The van der Waals surface area contributed by atoms with E-state index in [0.717, 1.165) is 18.9 Å². The van der Waals surface area contributed by atoms with Gasteiger partial charge >= 0.3 is 0 Å². The summed E-state index contributed by atoms with van der Waals surface area (Å²) in [5, 5.41) is 3.09. The zero-order valence-corrected chi connectivity index (χ0v) is 23.9. The Morgan fingerprint density at radius 3 is 1.82 bits per heavy atom. The molecule has 0 heterocycles. The molecule has 0 aromatic heterocycles. The number of nitrogen functional groups attached to an aromatic ring is 1. The number of carbonyl (C=O) groups excluding carboxylic acids is 2. The van der Waals surface area contributed by atoms with E-state index in [2.05, 4.69) is 12.2 Å². The highest BCUT2D eigenvalue weighted by molar-refractivity contribution is 7.86. The summed E-state index contributed by atoms with van der Waals surface area (Å²) in [7, 11) is -4.76. The third-order valence-electron chi connectivity index (χ3n) is 7.53.